The second-order valence-electron chi connectivity index (χ2n) is 2.52. The molecule has 2 unspecified atom stereocenters. The van der Waals surface area contributed by atoms with Gasteiger partial charge in [-0.15, -0.1) is 0 Å². The summed E-state index contributed by atoms with van der Waals surface area (Å²) < 4.78 is 90.3. The fourth-order valence-corrected chi connectivity index (χ4v) is 4.08. The van der Waals surface area contributed by atoms with Crippen LogP contribution in [0.1, 0.15) is 0 Å². The number of hydrogen-bond donors (Lipinski definition) is 0. The van der Waals surface area contributed by atoms with Crippen molar-refractivity contribution >= 4 is 35.8 Å². The summed E-state index contributed by atoms with van der Waals surface area (Å²) >= 11 is 0. The van der Waals surface area contributed by atoms with Crippen LogP contribution in [0.5, 0.6) is 0 Å². The highest BCUT2D eigenvalue weighted by Gasteiger charge is 2.48. The molecule has 0 amide bonds. The summed E-state index contributed by atoms with van der Waals surface area (Å²) in [6, 6.07) is 0. The molecule has 0 fully saturated rings. The van der Waals surface area contributed by atoms with Gasteiger partial charge in [-0.3, -0.25) is 17.4 Å². The number of hydrogen-bond acceptors (Lipinski definition) is 8. The average Bonchev–Trinajstić information content (AvgIpc) is 2.30. The maximum Gasteiger partial charge on any atom is 0.523 e. The highest BCUT2D eigenvalue weighted by Crippen LogP contribution is 2.58. The van der Waals surface area contributed by atoms with Gasteiger partial charge in [-0.25, -0.2) is 0 Å². The molecule has 0 heterocycles. The average molecular weight is 368 g/mol. The van der Waals surface area contributed by atoms with E-state index < -0.39 is 47.6 Å². The highest BCUT2D eigenvalue weighted by molar-refractivity contribution is 7.87. The lowest BCUT2D eigenvalue weighted by molar-refractivity contribution is -0.0532. The van der Waals surface area contributed by atoms with E-state index >= 15 is 0 Å². The van der Waals surface area contributed by atoms with Crippen molar-refractivity contribution in [1.29, 1.82) is 0 Å². The fraction of sp³-hybridized carbons (Fsp3) is 1.00. The zero-order valence-corrected chi connectivity index (χ0v) is 13.2. The zero-order valence-electron chi connectivity index (χ0n) is 9.46. The quantitative estimate of drug-likeness (QED) is 0.348. The second-order valence-corrected chi connectivity index (χ2v) is 8.21. The smallest absolute Gasteiger partial charge is 0.339 e. The van der Waals surface area contributed by atoms with Gasteiger partial charge in [0.1, 0.15) is 0 Å². The van der Waals surface area contributed by atoms with Crippen molar-refractivity contribution in [2.24, 2.45) is 0 Å². The van der Waals surface area contributed by atoms with Crippen LogP contribution in [0.3, 0.4) is 0 Å². The van der Waals surface area contributed by atoms with Gasteiger partial charge in [0.25, 0.3) is 0 Å². The van der Waals surface area contributed by atoms with Crippen LogP contribution in [0.4, 0.5) is 13.2 Å². The van der Waals surface area contributed by atoms with Crippen molar-refractivity contribution in [3.63, 3.8) is 0 Å². The van der Waals surface area contributed by atoms with Crippen LogP contribution in [0.2, 0.25) is 0 Å². The summed E-state index contributed by atoms with van der Waals surface area (Å²) in [6.07, 6.45) is -1.44. The summed E-state index contributed by atoms with van der Waals surface area (Å²) in [5, 5.41) is 0. The normalized spacial score (nSPS) is 17.5. The third-order valence-corrected chi connectivity index (χ3v) is 5.94. The molecular formula is C4H10F3O8P3S. The minimum atomic E-state index is -5.89. The van der Waals surface area contributed by atoms with Gasteiger partial charge < -0.3 is 9.05 Å². The molecule has 116 valence electrons. The Morgan fingerprint density at radius 1 is 1.11 bits per heavy atom. The molecular weight excluding hydrogens is 358 g/mol. The number of rotatable bonds is 9. The van der Waals surface area contributed by atoms with Gasteiger partial charge in [0.15, 0.2) is 24.4 Å². The molecule has 0 saturated heterocycles. The van der Waals surface area contributed by atoms with Crippen LogP contribution in [0.25, 0.3) is 0 Å². The molecule has 0 aliphatic carbocycles. The number of alkyl halides is 3. The Balaban J connectivity index is 4.71. The minimum Gasteiger partial charge on any atom is -0.339 e. The van der Waals surface area contributed by atoms with Gasteiger partial charge in [0.05, 0.1) is 0 Å². The van der Waals surface area contributed by atoms with Crippen molar-refractivity contribution in [2.45, 2.75) is 5.51 Å². The summed E-state index contributed by atoms with van der Waals surface area (Å²) in [5.41, 5.74) is -5.63. The van der Waals surface area contributed by atoms with Crippen LogP contribution >= 0.6 is 25.7 Å². The van der Waals surface area contributed by atoms with Crippen molar-refractivity contribution < 1.29 is 48.0 Å². The van der Waals surface area contributed by atoms with E-state index in [0.29, 0.717) is 0 Å². The molecule has 0 N–H and O–H groups in total. The first-order valence-electron chi connectivity index (χ1n) is 4.06. The molecule has 0 rings (SSSR count). The third-order valence-electron chi connectivity index (χ3n) is 1.17. The Labute approximate surface area is 110 Å². The van der Waals surface area contributed by atoms with Gasteiger partial charge in [0.2, 0.25) is 0 Å². The first kappa shape index (κ1) is 19.6. The molecule has 0 spiro atoms. The first-order valence-corrected chi connectivity index (χ1v) is 8.83. The lowest BCUT2D eigenvalue weighted by atomic mass is 11.6. The molecule has 0 aliphatic heterocycles. The largest absolute Gasteiger partial charge is 0.523 e. The van der Waals surface area contributed by atoms with E-state index in [-0.39, 0.29) is 0 Å². The van der Waals surface area contributed by atoms with E-state index in [2.05, 4.69) is 21.9 Å². The van der Waals surface area contributed by atoms with Crippen molar-refractivity contribution in [3.05, 3.63) is 0 Å². The molecule has 0 aromatic carbocycles. The highest BCUT2D eigenvalue weighted by atomic mass is 32.2. The monoisotopic (exact) mass is 368 g/mol. The molecule has 8 nitrogen and oxygen atoms in total. The molecule has 0 radical (unpaired) electrons. The summed E-state index contributed by atoms with van der Waals surface area (Å²) in [5.74, 6) is 0. The summed E-state index contributed by atoms with van der Waals surface area (Å²) in [6.45, 7) is 0. The topological polar surface area (TPSA) is 97.4 Å². The van der Waals surface area contributed by atoms with Crippen molar-refractivity contribution in [2.75, 3.05) is 20.6 Å². The van der Waals surface area contributed by atoms with Gasteiger partial charge in [-0.1, -0.05) is 0 Å². The van der Waals surface area contributed by atoms with Crippen LogP contribution < -0.4 is 0 Å². The third kappa shape index (κ3) is 7.27. The number of halogens is 3. The van der Waals surface area contributed by atoms with E-state index in [0.717, 1.165) is 14.2 Å². The van der Waals surface area contributed by atoms with E-state index in [9.17, 15) is 26.2 Å². The maximum atomic E-state index is 12.0. The van der Waals surface area contributed by atoms with Crippen molar-refractivity contribution in [1.82, 2.24) is 0 Å². The van der Waals surface area contributed by atoms with Crippen molar-refractivity contribution in [3.8, 4) is 0 Å². The van der Waals surface area contributed by atoms with Crippen LogP contribution in [-0.4, -0.2) is 34.5 Å². The lowest BCUT2D eigenvalue weighted by Crippen LogP contribution is -2.26. The van der Waals surface area contributed by atoms with Gasteiger partial charge in [-0.2, -0.15) is 21.6 Å². The van der Waals surface area contributed by atoms with Gasteiger partial charge >= 0.3 is 23.2 Å². The molecule has 15 heteroatoms. The van der Waals surface area contributed by atoms with Crippen LogP contribution in [0, 0.1) is 0 Å². The van der Waals surface area contributed by atoms with Crippen LogP contribution in [-0.2, 0) is 36.5 Å². The van der Waals surface area contributed by atoms with Gasteiger partial charge in [-0.05, 0) is 0 Å². The fourth-order valence-electron chi connectivity index (χ4n) is 0.460. The SMILES string of the molecule is COPOP(=O)(COS(=O)(=O)C(F)(F)F)OPOC. The molecule has 0 aliphatic rings. The standard InChI is InChI=1S/C4H10F3O8P3S/c1-11-16-14-18(8,15-17-12-2)3-13-19(9,10)4(5,6)7/h16-17H,3H2,1-2H3. The van der Waals surface area contributed by atoms with E-state index in [1.54, 1.807) is 0 Å². The Morgan fingerprint density at radius 3 is 1.84 bits per heavy atom. The van der Waals surface area contributed by atoms with E-state index in [4.69, 9.17) is 0 Å². The molecule has 0 bridgehead atoms. The second kappa shape index (κ2) is 8.17. The predicted octanol–water partition coefficient (Wildman–Crippen LogP) is 2.35. The van der Waals surface area contributed by atoms with Gasteiger partial charge in [0, 0.05) is 14.2 Å². The summed E-state index contributed by atoms with van der Waals surface area (Å²) in [7, 11) is -9.49. The zero-order chi connectivity index (χ0) is 15.2. The molecule has 0 aromatic rings. The van der Waals surface area contributed by atoms with E-state index in [1.165, 1.54) is 0 Å². The molecule has 0 aromatic heterocycles. The Hall–Kier alpha value is 0.630. The minimum absolute atomic E-state index is 0.838. The Morgan fingerprint density at radius 2 is 1.53 bits per heavy atom. The lowest BCUT2D eigenvalue weighted by Gasteiger charge is -2.16. The molecule has 2 atom stereocenters. The first-order chi connectivity index (χ1) is 8.58. The Bertz CT molecular complexity index is 398. The Kier molecular flexibility index (Phi) is 8.44. The summed E-state index contributed by atoms with van der Waals surface area (Å²) in [4.78, 5) is 0. The molecule has 19 heavy (non-hydrogen) atoms. The van der Waals surface area contributed by atoms with Crippen LogP contribution in [0.15, 0.2) is 0 Å². The van der Waals surface area contributed by atoms with E-state index in [1.807, 2.05) is 0 Å². The molecule has 0 saturated carbocycles. The predicted molar refractivity (Wildman–Crippen MR) is 61.4 cm³/mol. The maximum absolute atomic E-state index is 12.0.